The molecule has 1 fully saturated rings. The number of para-hydroxylation sites is 1. The first-order chi connectivity index (χ1) is 10.1. The summed E-state index contributed by atoms with van der Waals surface area (Å²) < 4.78 is 13.8. The zero-order valence-electron chi connectivity index (χ0n) is 11.9. The number of benzene rings is 1. The highest BCUT2D eigenvalue weighted by Gasteiger charge is 2.19. The average Bonchev–Trinajstić information content (AvgIpc) is 2.51. The van der Waals surface area contributed by atoms with Crippen LogP contribution in [0.15, 0.2) is 36.5 Å². The quantitative estimate of drug-likeness (QED) is 0.792. The van der Waals surface area contributed by atoms with E-state index in [0.29, 0.717) is 10.8 Å². The summed E-state index contributed by atoms with van der Waals surface area (Å²) in [7, 11) is 0. The molecule has 0 amide bonds. The van der Waals surface area contributed by atoms with Crippen molar-refractivity contribution in [3.8, 4) is 0 Å². The molecule has 0 unspecified atom stereocenters. The lowest BCUT2D eigenvalue weighted by Gasteiger charge is -2.37. The topological polar surface area (TPSA) is 19.4 Å². The number of hydrogen-bond acceptors (Lipinski definition) is 3. The van der Waals surface area contributed by atoms with Crippen LogP contribution in [0.2, 0.25) is 5.15 Å². The van der Waals surface area contributed by atoms with Crippen LogP contribution in [0.3, 0.4) is 0 Å². The van der Waals surface area contributed by atoms with Crippen molar-refractivity contribution in [3.05, 3.63) is 53.1 Å². The molecular weight excluding hydrogens is 289 g/mol. The van der Waals surface area contributed by atoms with Gasteiger partial charge in [0.2, 0.25) is 0 Å². The second-order valence-corrected chi connectivity index (χ2v) is 5.58. The van der Waals surface area contributed by atoms with E-state index in [-0.39, 0.29) is 5.82 Å². The fraction of sp³-hybridized carbons (Fsp3) is 0.312. The smallest absolute Gasteiger partial charge is 0.146 e. The number of aromatic nitrogens is 1. The van der Waals surface area contributed by atoms with Crippen LogP contribution in [0.1, 0.15) is 5.56 Å². The number of rotatable bonds is 2. The molecule has 0 spiro atoms. The third-order valence-electron chi connectivity index (χ3n) is 3.84. The predicted molar refractivity (Wildman–Crippen MR) is 84.8 cm³/mol. The molecule has 1 aromatic carbocycles. The molecule has 0 bridgehead atoms. The molecule has 0 atom stereocenters. The lowest BCUT2D eigenvalue weighted by molar-refractivity contribution is 0.597. The summed E-state index contributed by atoms with van der Waals surface area (Å²) in [5.41, 5.74) is 2.73. The summed E-state index contributed by atoms with van der Waals surface area (Å²) in [6.45, 7) is 5.23. The third kappa shape index (κ3) is 2.95. The molecule has 5 heteroatoms. The zero-order chi connectivity index (χ0) is 14.8. The average molecular weight is 306 g/mol. The molecule has 1 aromatic heterocycles. The first-order valence-electron chi connectivity index (χ1n) is 7.02. The summed E-state index contributed by atoms with van der Waals surface area (Å²) in [5.74, 6) is -0.157. The van der Waals surface area contributed by atoms with Gasteiger partial charge in [-0.1, -0.05) is 23.7 Å². The molecule has 110 valence electrons. The molecule has 1 aliphatic heterocycles. The molecule has 3 nitrogen and oxygen atoms in total. The summed E-state index contributed by atoms with van der Waals surface area (Å²) in [6, 6.07) is 8.98. The number of aryl methyl sites for hydroxylation is 1. The first-order valence-corrected chi connectivity index (χ1v) is 7.39. The molecule has 0 N–H and O–H groups in total. The molecule has 0 radical (unpaired) electrons. The number of pyridine rings is 1. The molecule has 3 rings (SSSR count). The van der Waals surface area contributed by atoms with Crippen molar-refractivity contribution in [1.82, 2.24) is 4.98 Å². The maximum atomic E-state index is 13.8. The Balaban J connectivity index is 1.70. The van der Waals surface area contributed by atoms with E-state index in [1.165, 1.54) is 6.07 Å². The van der Waals surface area contributed by atoms with Crippen molar-refractivity contribution in [2.75, 3.05) is 36.0 Å². The van der Waals surface area contributed by atoms with E-state index in [2.05, 4.69) is 14.8 Å². The molecular formula is C16H17ClFN3. The van der Waals surface area contributed by atoms with E-state index in [4.69, 9.17) is 11.6 Å². The van der Waals surface area contributed by atoms with Crippen molar-refractivity contribution in [1.29, 1.82) is 0 Å². The van der Waals surface area contributed by atoms with Crippen LogP contribution in [-0.4, -0.2) is 31.2 Å². The first kappa shape index (κ1) is 14.1. The standard InChI is InChI=1S/C16H17ClFN3/c1-12-10-13(11-19-16(12)17)20-6-8-21(9-7-20)15-5-3-2-4-14(15)18/h2-5,10-11H,6-9H2,1H3. The van der Waals surface area contributed by atoms with Crippen molar-refractivity contribution < 1.29 is 4.39 Å². The minimum atomic E-state index is -0.157. The number of halogens is 2. The number of hydrogen-bond donors (Lipinski definition) is 0. The van der Waals surface area contributed by atoms with Crippen LogP contribution in [0, 0.1) is 12.7 Å². The minimum Gasteiger partial charge on any atom is -0.367 e. The Hall–Kier alpha value is -1.81. The number of anilines is 2. The van der Waals surface area contributed by atoms with Crippen molar-refractivity contribution in [3.63, 3.8) is 0 Å². The van der Waals surface area contributed by atoms with Crippen LogP contribution in [-0.2, 0) is 0 Å². The van der Waals surface area contributed by atoms with E-state index < -0.39 is 0 Å². The van der Waals surface area contributed by atoms with Crippen LogP contribution in [0.5, 0.6) is 0 Å². The maximum absolute atomic E-state index is 13.8. The molecule has 2 heterocycles. The van der Waals surface area contributed by atoms with Gasteiger partial charge in [0.25, 0.3) is 0 Å². The van der Waals surface area contributed by atoms with Gasteiger partial charge in [-0.05, 0) is 30.7 Å². The summed E-state index contributed by atoms with van der Waals surface area (Å²) in [6.07, 6.45) is 1.80. The molecule has 1 aliphatic rings. The van der Waals surface area contributed by atoms with Crippen LogP contribution in [0.25, 0.3) is 0 Å². The van der Waals surface area contributed by atoms with Gasteiger partial charge < -0.3 is 9.80 Å². The Morgan fingerprint density at radius 2 is 1.76 bits per heavy atom. The van der Waals surface area contributed by atoms with E-state index in [0.717, 1.165) is 37.4 Å². The Bertz CT molecular complexity index is 639. The summed E-state index contributed by atoms with van der Waals surface area (Å²) >= 11 is 5.96. The summed E-state index contributed by atoms with van der Waals surface area (Å²) in [4.78, 5) is 8.54. The predicted octanol–water partition coefficient (Wildman–Crippen LogP) is 3.51. The van der Waals surface area contributed by atoms with Gasteiger partial charge in [0, 0.05) is 26.2 Å². The van der Waals surface area contributed by atoms with Gasteiger partial charge >= 0.3 is 0 Å². The minimum absolute atomic E-state index is 0.157. The lowest BCUT2D eigenvalue weighted by atomic mass is 10.2. The van der Waals surface area contributed by atoms with Crippen LogP contribution >= 0.6 is 11.6 Å². The largest absolute Gasteiger partial charge is 0.367 e. The SMILES string of the molecule is Cc1cc(N2CCN(c3ccccc3F)CC2)cnc1Cl. The lowest BCUT2D eigenvalue weighted by Crippen LogP contribution is -2.46. The van der Waals surface area contributed by atoms with Gasteiger partial charge in [-0.25, -0.2) is 9.37 Å². The van der Waals surface area contributed by atoms with Crippen molar-refractivity contribution >= 4 is 23.0 Å². The van der Waals surface area contributed by atoms with E-state index in [9.17, 15) is 4.39 Å². The summed E-state index contributed by atoms with van der Waals surface area (Å²) in [5, 5.41) is 0.545. The van der Waals surface area contributed by atoms with Gasteiger partial charge in [-0.2, -0.15) is 0 Å². The van der Waals surface area contributed by atoms with Gasteiger partial charge in [0.05, 0.1) is 17.6 Å². The Kier molecular flexibility index (Phi) is 3.97. The molecule has 21 heavy (non-hydrogen) atoms. The van der Waals surface area contributed by atoms with Crippen LogP contribution in [0.4, 0.5) is 15.8 Å². The zero-order valence-corrected chi connectivity index (χ0v) is 12.6. The van der Waals surface area contributed by atoms with E-state index in [1.807, 2.05) is 25.1 Å². The van der Waals surface area contributed by atoms with Gasteiger partial charge in [-0.3, -0.25) is 0 Å². The maximum Gasteiger partial charge on any atom is 0.146 e. The second kappa shape index (κ2) is 5.90. The highest BCUT2D eigenvalue weighted by molar-refractivity contribution is 6.30. The number of nitrogens with zero attached hydrogens (tertiary/aromatic N) is 3. The number of piperazine rings is 1. The molecule has 0 aliphatic carbocycles. The molecule has 0 saturated carbocycles. The fourth-order valence-corrected chi connectivity index (χ4v) is 2.73. The highest BCUT2D eigenvalue weighted by Crippen LogP contribution is 2.24. The normalized spacial score (nSPS) is 15.4. The molecule has 1 saturated heterocycles. The third-order valence-corrected chi connectivity index (χ3v) is 4.23. The highest BCUT2D eigenvalue weighted by atomic mass is 35.5. The van der Waals surface area contributed by atoms with E-state index in [1.54, 1.807) is 12.3 Å². The monoisotopic (exact) mass is 305 g/mol. The Morgan fingerprint density at radius 3 is 2.43 bits per heavy atom. The van der Waals surface area contributed by atoms with Crippen LogP contribution < -0.4 is 9.80 Å². The Labute approximate surface area is 129 Å². The Morgan fingerprint density at radius 1 is 1.10 bits per heavy atom. The van der Waals surface area contributed by atoms with Gasteiger partial charge in [0.1, 0.15) is 11.0 Å². The van der Waals surface area contributed by atoms with Gasteiger partial charge in [0.15, 0.2) is 0 Å². The van der Waals surface area contributed by atoms with Crippen molar-refractivity contribution in [2.24, 2.45) is 0 Å². The molecule has 2 aromatic rings. The van der Waals surface area contributed by atoms with Crippen molar-refractivity contribution in [2.45, 2.75) is 6.92 Å². The fourth-order valence-electron chi connectivity index (χ4n) is 2.63. The van der Waals surface area contributed by atoms with E-state index >= 15 is 0 Å². The second-order valence-electron chi connectivity index (χ2n) is 5.23. The van der Waals surface area contributed by atoms with Gasteiger partial charge in [-0.15, -0.1) is 0 Å².